The lowest BCUT2D eigenvalue weighted by Crippen LogP contribution is -2.30. The Balaban J connectivity index is 5.20. The third-order valence-electron chi connectivity index (χ3n) is 15.7. The lowest BCUT2D eigenvalue weighted by atomic mass is 9.99. The van der Waals surface area contributed by atoms with E-state index in [2.05, 4.69) is 65.8 Å². The van der Waals surface area contributed by atoms with Crippen LogP contribution in [0.5, 0.6) is 0 Å². The van der Waals surface area contributed by atoms with Gasteiger partial charge in [-0.1, -0.05) is 271 Å². The molecule has 17 nitrogen and oxygen atoms in total. The predicted octanol–water partition coefficient (Wildman–Crippen LogP) is 19.2. The molecule has 3 N–H and O–H groups in total. The summed E-state index contributed by atoms with van der Waals surface area (Å²) < 4.78 is 67.9. The monoisotopic (exact) mass is 1290 g/mol. The Morgan fingerprint density at radius 1 is 0.375 bits per heavy atom. The Morgan fingerprint density at radius 3 is 1.02 bits per heavy atom. The highest BCUT2D eigenvalue weighted by Gasteiger charge is 2.30. The molecule has 88 heavy (non-hydrogen) atoms. The average Bonchev–Trinajstić information content (AvgIpc) is 3.62. The van der Waals surface area contributed by atoms with E-state index in [9.17, 15) is 43.2 Å². The summed E-state index contributed by atoms with van der Waals surface area (Å²) in [5.41, 5.74) is 0. The van der Waals surface area contributed by atoms with Gasteiger partial charge in [0.15, 0.2) is 12.2 Å². The van der Waals surface area contributed by atoms with Gasteiger partial charge in [-0.25, -0.2) is 9.13 Å². The van der Waals surface area contributed by atoms with Gasteiger partial charge in [0.05, 0.1) is 26.4 Å². The van der Waals surface area contributed by atoms with Crippen molar-refractivity contribution < 1.29 is 80.2 Å². The highest BCUT2D eigenvalue weighted by atomic mass is 31.2. The molecule has 0 bridgehead atoms. The quantitative estimate of drug-likeness (QED) is 0.0169. The van der Waals surface area contributed by atoms with Crippen molar-refractivity contribution in [1.82, 2.24) is 0 Å². The normalized spacial score (nSPS) is 14.7. The standard InChI is InChI=1S/C69H130O17P2/c1-7-10-12-14-15-16-17-18-19-23-26-29-34-40-46-52-67(72)80-58-65(86-68(73)53-47-41-35-30-27-24-21-20-22-25-28-33-39-44-50-62(6)9-3)60-84-88(77,78)82-56-63(70)55-81-87(75,76)83-59-64(57-79-66(71)51-45-37-13-11-8-2)85-69(74)54-48-42-36-31-32-38-43-49-61(4)5/h16-19,61-65,70H,7-15,20-60H2,1-6H3,(H,75,76)(H,77,78)/b17-16-,19-18-/t62?,63-,64+,65+/m0/s1. The summed E-state index contributed by atoms with van der Waals surface area (Å²) in [6, 6.07) is 0. The van der Waals surface area contributed by atoms with Gasteiger partial charge in [0.1, 0.15) is 19.3 Å². The number of hydrogen-bond donors (Lipinski definition) is 3. The Hall–Kier alpha value is -2.46. The van der Waals surface area contributed by atoms with Gasteiger partial charge in [-0.3, -0.25) is 37.3 Å². The predicted molar refractivity (Wildman–Crippen MR) is 354 cm³/mol. The number of unbranched alkanes of at least 4 members (excludes halogenated alkanes) is 32. The van der Waals surface area contributed by atoms with Gasteiger partial charge >= 0.3 is 39.5 Å². The van der Waals surface area contributed by atoms with Crippen molar-refractivity contribution in [3.8, 4) is 0 Å². The maximum absolute atomic E-state index is 13.0. The lowest BCUT2D eigenvalue weighted by Gasteiger charge is -2.21. The summed E-state index contributed by atoms with van der Waals surface area (Å²) in [6.45, 7) is 9.36. The fourth-order valence-corrected chi connectivity index (χ4v) is 11.4. The van der Waals surface area contributed by atoms with E-state index in [0.717, 1.165) is 121 Å². The first-order chi connectivity index (χ1) is 42.4. The number of phosphoric acid groups is 2. The summed E-state index contributed by atoms with van der Waals surface area (Å²) in [5.74, 6) is -0.632. The van der Waals surface area contributed by atoms with Crippen molar-refractivity contribution >= 4 is 39.5 Å². The van der Waals surface area contributed by atoms with Crippen LogP contribution >= 0.6 is 15.6 Å². The molecular weight excluding hydrogens is 1160 g/mol. The van der Waals surface area contributed by atoms with Crippen LogP contribution in [0.15, 0.2) is 24.3 Å². The Labute approximate surface area is 535 Å². The van der Waals surface area contributed by atoms with Crippen LogP contribution in [-0.2, 0) is 65.4 Å². The van der Waals surface area contributed by atoms with Crippen molar-refractivity contribution in [3.63, 3.8) is 0 Å². The van der Waals surface area contributed by atoms with Crippen LogP contribution in [0, 0.1) is 11.8 Å². The Bertz CT molecular complexity index is 1810. The average molecular weight is 1290 g/mol. The van der Waals surface area contributed by atoms with Gasteiger partial charge in [-0.2, -0.15) is 0 Å². The first kappa shape index (κ1) is 85.5. The second kappa shape index (κ2) is 60.8. The molecule has 0 aliphatic rings. The maximum atomic E-state index is 13.0. The van der Waals surface area contributed by atoms with Gasteiger partial charge < -0.3 is 33.8 Å². The van der Waals surface area contributed by atoms with E-state index in [1.165, 1.54) is 116 Å². The van der Waals surface area contributed by atoms with Crippen molar-refractivity contribution in [2.75, 3.05) is 39.6 Å². The molecule has 0 aromatic rings. The summed E-state index contributed by atoms with van der Waals surface area (Å²) >= 11 is 0. The number of aliphatic hydroxyl groups is 1. The Kier molecular flexibility index (Phi) is 59.1. The highest BCUT2D eigenvalue weighted by Crippen LogP contribution is 2.45. The molecule has 0 rings (SSSR count). The molecule has 6 atom stereocenters. The zero-order valence-electron chi connectivity index (χ0n) is 56.5. The summed E-state index contributed by atoms with van der Waals surface area (Å²) in [5, 5.41) is 10.5. The molecule has 0 radical (unpaired) electrons. The van der Waals surface area contributed by atoms with E-state index in [0.29, 0.717) is 31.6 Å². The molecule has 0 aromatic heterocycles. The van der Waals surface area contributed by atoms with Gasteiger partial charge in [0.2, 0.25) is 0 Å². The van der Waals surface area contributed by atoms with E-state index in [-0.39, 0.29) is 25.7 Å². The number of carbonyl (C=O) groups excluding carboxylic acids is 4. The number of carbonyl (C=O) groups is 4. The van der Waals surface area contributed by atoms with Crippen molar-refractivity contribution in [3.05, 3.63) is 24.3 Å². The first-order valence-electron chi connectivity index (χ1n) is 35.3. The van der Waals surface area contributed by atoms with Crippen LogP contribution in [0.3, 0.4) is 0 Å². The fraction of sp³-hybridized carbons (Fsp3) is 0.884. The van der Waals surface area contributed by atoms with Gasteiger partial charge in [-0.05, 0) is 63.2 Å². The number of esters is 4. The number of phosphoric ester groups is 2. The molecule has 19 heteroatoms. The minimum absolute atomic E-state index is 0.100. The third-order valence-corrected chi connectivity index (χ3v) is 17.6. The molecule has 518 valence electrons. The van der Waals surface area contributed by atoms with Crippen LogP contribution < -0.4 is 0 Å². The van der Waals surface area contributed by atoms with Crippen LogP contribution in [0.4, 0.5) is 0 Å². The highest BCUT2D eigenvalue weighted by molar-refractivity contribution is 7.47. The van der Waals surface area contributed by atoms with Gasteiger partial charge in [0.25, 0.3) is 0 Å². The molecule has 0 heterocycles. The lowest BCUT2D eigenvalue weighted by molar-refractivity contribution is -0.161. The number of aliphatic hydroxyl groups excluding tert-OH is 1. The second-order valence-electron chi connectivity index (χ2n) is 24.9. The molecular formula is C69H130O17P2. The summed E-state index contributed by atoms with van der Waals surface area (Å²) in [6.07, 6.45) is 48.5. The molecule has 0 saturated carbocycles. The van der Waals surface area contributed by atoms with E-state index in [1.54, 1.807) is 0 Å². The van der Waals surface area contributed by atoms with E-state index in [4.69, 9.17) is 37.0 Å². The largest absolute Gasteiger partial charge is 0.472 e. The second-order valence-corrected chi connectivity index (χ2v) is 27.9. The minimum atomic E-state index is -4.96. The van der Waals surface area contributed by atoms with E-state index >= 15 is 0 Å². The molecule has 0 aliphatic carbocycles. The topological polar surface area (TPSA) is 237 Å². The molecule has 0 aromatic carbocycles. The van der Waals surface area contributed by atoms with Crippen LogP contribution in [-0.4, -0.2) is 96.7 Å². The number of hydrogen-bond acceptors (Lipinski definition) is 15. The molecule has 0 saturated heterocycles. The number of allylic oxidation sites excluding steroid dienone is 4. The molecule has 0 spiro atoms. The molecule has 0 fully saturated rings. The summed E-state index contributed by atoms with van der Waals surface area (Å²) in [7, 11) is -9.90. The first-order valence-corrected chi connectivity index (χ1v) is 38.3. The number of rotatable bonds is 66. The molecule has 3 unspecified atom stereocenters. The SMILES string of the molecule is CCCCCC/C=C\C=C/CCCCCCCC(=O)OC[C@H](COP(=O)(O)OC[C@@H](O)COP(=O)(O)OC[C@@H](COC(=O)CCCCCCC)OC(=O)CCCCCCCCCC(C)C)OC(=O)CCCCCCCCCCCCCCCCC(C)CC. The number of ether oxygens (including phenoxy) is 4. The van der Waals surface area contributed by atoms with Crippen molar-refractivity contribution in [2.24, 2.45) is 11.8 Å². The molecule has 0 aliphatic heterocycles. The van der Waals surface area contributed by atoms with Crippen molar-refractivity contribution in [1.29, 1.82) is 0 Å². The van der Waals surface area contributed by atoms with Crippen LogP contribution in [0.25, 0.3) is 0 Å². The Morgan fingerprint density at radius 2 is 0.670 bits per heavy atom. The minimum Gasteiger partial charge on any atom is -0.462 e. The van der Waals surface area contributed by atoms with Gasteiger partial charge in [0, 0.05) is 25.7 Å². The van der Waals surface area contributed by atoms with Crippen LogP contribution in [0.1, 0.15) is 324 Å². The van der Waals surface area contributed by atoms with Crippen molar-refractivity contribution in [2.45, 2.75) is 342 Å². The van der Waals surface area contributed by atoms with E-state index in [1.807, 2.05) is 0 Å². The third kappa shape index (κ3) is 61.1. The van der Waals surface area contributed by atoms with E-state index < -0.39 is 97.5 Å². The maximum Gasteiger partial charge on any atom is 0.472 e. The zero-order valence-corrected chi connectivity index (χ0v) is 58.3. The zero-order chi connectivity index (χ0) is 65.0. The fourth-order valence-electron chi connectivity index (χ4n) is 9.84. The van der Waals surface area contributed by atoms with Gasteiger partial charge in [-0.15, -0.1) is 0 Å². The van der Waals surface area contributed by atoms with Crippen LogP contribution in [0.2, 0.25) is 0 Å². The smallest absolute Gasteiger partial charge is 0.462 e. The molecule has 0 amide bonds. The summed E-state index contributed by atoms with van der Waals surface area (Å²) in [4.78, 5) is 72.1.